The van der Waals surface area contributed by atoms with E-state index in [-0.39, 0.29) is 0 Å². The van der Waals surface area contributed by atoms with Gasteiger partial charge in [-0.25, -0.2) is 15.8 Å². The van der Waals surface area contributed by atoms with E-state index < -0.39 is 0 Å². The maximum atomic E-state index is 5.46. The van der Waals surface area contributed by atoms with Gasteiger partial charge in [0.1, 0.15) is 16.7 Å². The van der Waals surface area contributed by atoms with Gasteiger partial charge in [0.05, 0.1) is 0 Å². The van der Waals surface area contributed by atoms with Crippen molar-refractivity contribution in [2.75, 3.05) is 11.2 Å². The molecular formula is C13H22N4S. The van der Waals surface area contributed by atoms with E-state index in [0.29, 0.717) is 11.7 Å². The molecule has 0 unspecified atom stereocenters. The topological polar surface area (TPSA) is 63.8 Å². The SMILES string of the molecule is CC(C)c1nc(NN)cc(SCC2CCCC2)n1. The molecule has 1 fully saturated rings. The van der Waals surface area contributed by atoms with Gasteiger partial charge in [0.25, 0.3) is 0 Å². The Balaban J connectivity index is 2.03. The van der Waals surface area contributed by atoms with Gasteiger partial charge in [-0.15, -0.1) is 11.8 Å². The summed E-state index contributed by atoms with van der Waals surface area (Å²) in [5.41, 5.74) is 2.63. The van der Waals surface area contributed by atoms with Crippen molar-refractivity contribution in [3.63, 3.8) is 0 Å². The minimum absolute atomic E-state index is 0.323. The van der Waals surface area contributed by atoms with Crippen LogP contribution in [0.4, 0.5) is 5.82 Å². The molecule has 0 spiro atoms. The van der Waals surface area contributed by atoms with Crippen LogP contribution in [-0.2, 0) is 0 Å². The number of rotatable bonds is 5. The van der Waals surface area contributed by atoms with Crippen LogP contribution in [0.25, 0.3) is 0 Å². The lowest BCUT2D eigenvalue weighted by atomic mass is 10.1. The lowest BCUT2D eigenvalue weighted by molar-refractivity contribution is 0.622. The molecule has 100 valence electrons. The molecule has 0 aliphatic heterocycles. The highest BCUT2D eigenvalue weighted by Gasteiger charge is 2.16. The fourth-order valence-corrected chi connectivity index (χ4v) is 3.32. The van der Waals surface area contributed by atoms with Gasteiger partial charge in [-0.2, -0.15) is 0 Å². The summed E-state index contributed by atoms with van der Waals surface area (Å²) in [6.45, 7) is 4.20. The highest BCUT2D eigenvalue weighted by Crippen LogP contribution is 2.31. The highest BCUT2D eigenvalue weighted by atomic mass is 32.2. The van der Waals surface area contributed by atoms with Crippen molar-refractivity contribution < 1.29 is 0 Å². The van der Waals surface area contributed by atoms with Gasteiger partial charge < -0.3 is 5.43 Å². The first-order valence-corrected chi connectivity index (χ1v) is 7.66. The predicted molar refractivity (Wildman–Crippen MR) is 76.6 cm³/mol. The number of aromatic nitrogens is 2. The summed E-state index contributed by atoms with van der Waals surface area (Å²) in [7, 11) is 0. The Hall–Kier alpha value is -0.810. The molecule has 0 aromatic carbocycles. The third-order valence-electron chi connectivity index (χ3n) is 3.33. The number of hydrogen-bond donors (Lipinski definition) is 2. The van der Waals surface area contributed by atoms with E-state index in [0.717, 1.165) is 16.8 Å². The van der Waals surface area contributed by atoms with Gasteiger partial charge in [0, 0.05) is 17.7 Å². The van der Waals surface area contributed by atoms with E-state index in [2.05, 4.69) is 29.2 Å². The van der Waals surface area contributed by atoms with Crippen molar-refractivity contribution in [1.29, 1.82) is 0 Å². The van der Waals surface area contributed by atoms with E-state index in [1.54, 1.807) is 0 Å². The molecule has 0 radical (unpaired) electrons. The second kappa shape index (κ2) is 6.38. The number of anilines is 1. The van der Waals surface area contributed by atoms with Gasteiger partial charge in [0.15, 0.2) is 0 Å². The summed E-state index contributed by atoms with van der Waals surface area (Å²) < 4.78 is 0. The van der Waals surface area contributed by atoms with Crippen molar-refractivity contribution in [3.05, 3.63) is 11.9 Å². The third-order valence-corrected chi connectivity index (χ3v) is 4.47. The van der Waals surface area contributed by atoms with Crippen molar-refractivity contribution in [2.45, 2.75) is 50.5 Å². The quantitative estimate of drug-likeness (QED) is 0.371. The molecule has 1 saturated carbocycles. The van der Waals surface area contributed by atoms with Crippen LogP contribution in [0.15, 0.2) is 11.1 Å². The number of nitrogens with zero attached hydrogens (tertiary/aromatic N) is 2. The number of nitrogen functional groups attached to an aromatic ring is 1. The fourth-order valence-electron chi connectivity index (χ4n) is 2.23. The van der Waals surface area contributed by atoms with Crippen molar-refractivity contribution >= 4 is 17.6 Å². The van der Waals surface area contributed by atoms with Crippen molar-refractivity contribution in [1.82, 2.24) is 9.97 Å². The van der Waals surface area contributed by atoms with Crippen LogP contribution in [0.3, 0.4) is 0 Å². The molecule has 2 rings (SSSR count). The summed E-state index contributed by atoms with van der Waals surface area (Å²) in [4.78, 5) is 8.97. The molecule has 1 aromatic rings. The number of nitrogens with one attached hydrogen (secondary N) is 1. The molecule has 5 heteroatoms. The molecule has 1 aliphatic rings. The Bertz CT molecular complexity index is 389. The largest absolute Gasteiger partial charge is 0.308 e. The maximum Gasteiger partial charge on any atom is 0.144 e. The van der Waals surface area contributed by atoms with E-state index in [4.69, 9.17) is 5.84 Å². The number of nitrogens with two attached hydrogens (primary N) is 1. The van der Waals surface area contributed by atoms with E-state index in [1.165, 1.54) is 31.4 Å². The second-order valence-electron chi connectivity index (χ2n) is 5.21. The molecule has 1 heterocycles. The second-order valence-corrected chi connectivity index (χ2v) is 6.25. The molecular weight excluding hydrogens is 244 g/mol. The van der Waals surface area contributed by atoms with Crippen LogP contribution in [0.2, 0.25) is 0 Å². The third kappa shape index (κ3) is 3.59. The van der Waals surface area contributed by atoms with Crippen molar-refractivity contribution in [2.24, 2.45) is 11.8 Å². The average molecular weight is 266 g/mol. The molecule has 1 aromatic heterocycles. The van der Waals surface area contributed by atoms with Gasteiger partial charge in [-0.3, -0.25) is 0 Å². The van der Waals surface area contributed by atoms with Gasteiger partial charge in [-0.05, 0) is 18.8 Å². The summed E-state index contributed by atoms with van der Waals surface area (Å²) in [5, 5.41) is 1.04. The minimum Gasteiger partial charge on any atom is -0.308 e. The zero-order chi connectivity index (χ0) is 13.0. The van der Waals surface area contributed by atoms with Crippen LogP contribution in [0, 0.1) is 5.92 Å². The van der Waals surface area contributed by atoms with Crippen LogP contribution >= 0.6 is 11.8 Å². The molecule has 3 N–H and O–H groups in total. The first-order chi connectivity index (χ1) is 8.69. The molecule has 0 saturated heterocycles. The smallest absolute Gasteiger partial charge is 0.144 e. The standard InChI is InChI=1S/C13H22N4S/c1-9(2)13-15-11(17-14)7-12(16-13)18-8-10-5-3-4-6-10/h7,9-10H,3-6,8,14H2,1-2H3,(H,15,16,17). The minimum atomic E-state index is 0.323. The molecule has 0 atom stereocenters. The summed E-state index contributed by atoms with van der Waals surface area (Å²) in [5.74, 6) is 9.38. The number of hydrazine groups is 1. The maximum absolute atomic E-state index is 5.46. The van der Waals surface area contributed by atoms with Crippen LogP contribution in [0.1, 0.15) is 51.3 Å². The molecule has 0 bridgehead atoms. The molecule has 0 amide bonds. The van der Waals surface area contributed by atoms with Crippen LogP contribution in [0.5, 0.6) is 0 Å². The van der Waals surface area contributed by atoms with Gasteiger partial charge >= 0.3 is 0 Å². The monoisotopic (exact) mass is 266 g/mol. The highest BCUT2D eigenvalue weighted by molar-refractivity contribution is 7.99. The summed E-state index contributed by atoms with van der Waals surface area (Å²) in [6, 6.07) is 1.94. The summed E-state index contributed by atoms with van der Waals surface area (Å²) >= 11 is 1.83. The zero-order valence-electron chi connectivity index (χ0n) is 11.1. The Kier molecular flexibility index (Phi) is 4.83. The Labute approximate surface area is 113 Å². The molecule has 18 heavy (non-hydrogen) atoms. The fraction of sp³-hybridized carbons (Fsp3) is 0.692. The Morgan fingerprint density at radius 2 is 2.11 bits per heavy atom. The van der Waals surface area contributed by atoms with Crippen LogP contribution < -0.4 is 11.3 Å². The summed E-state index contributed by atoms with van der Waals surface area (Å²) in [6.07, 6.45) is 5.53. The van der Waals surface area contributed by atoms with Crippen LogP contribution in [-0.4, -0.2) is 15.7 Å². The normalized spacial score (nSPS) is 16.4. The Morgan fingerprint density at radius 3 is 2.72 bits per heavy atom. The van der Waals surface area contributed by atoms with Gasteiger partial charge in [0.2, 0.25) is 0 Å². The first kappa shape index (κ1) is 13.6. The van der Waals surface area contributed by atoms with Crippen molar-refractivity contribution in [3.8, 4) is 0 Å². The number of thioether (sulfide) groups is 1. The zero-order valence-corrected chi connectivity index (χ0v) is 12.0. The van der Waals surface area contributed by atoms with E-state index in [9.17, 15) is 0 Å². The van der Waals surface area contributed by atoms with E-state index in [1.807, 2.05) is 17.8 Å². The molecule has 4 nitrogen and oxygen atoms in total. The van der Waals surface area contributed by atoms with E-state index >= 15 is 0 Å². The lowest BCUT2D eigenvalue weighted by Crippen LogP contribution is -2.11. The lowest BCUT2D eigenvalue weighted by Gasteiger charge is -2.11. The first-order valence-electron chi connectivity index (χ1n) is 6.67. The van der Waals surface area contributed by atoms with Gasteiger partial charge in [-0.1, -0.05) is 26.7 Å². The Morgan fingerprint density at radius 1 is 1.39 bits per heavy atom. The molecule has 1 aliphatic carbocycles. The average Bonchev–Trinajstić information content (AvgIpc) is 2.89. The number of hydrogen-bond acceptors (Lipinski definition) is 5. The predicted octanol–water partition coefficient (Wildman–Crippen LogP) is 3.17.